The molecule has 0 aliphatic rings. The summed E-state index contributed by atoms with van der Waals surface area (Å²) in [6, 6.07) is 0. The number of unbranched alkanes of at least 4 members (excludes halogenated alkanes) is 3. The largest absolute Gasteiger partial charge is 0.106 e. The van der Waals surface area contributed by atoms with Crippen LogP contribution in [-0.2, 0) is 0 Å². The topological polar surface area (TPSA) is 0 Å². The summed E-state index contributed by atoms with van der Waals surface area (Å²) in [6.07, 6.45) is 10.6. The summed E-state index contributed by atoms with van der Waals surface area (Å²) >= 11 is 10.8. The molecule has 0 heterocycles. The van der Waals surface area contributed by atoms with Gasteiger partial charge in [0.15, 0.2) is 0 Å². The van der Waals surface area contributed by atoms with Crippen LogP contribution in [0.2, 0.25) is 0 Å². The number of halogens is 2. The van der Waals surface area contributed by atoms with Gasteiger partial charge < -0.3 is 0 Å². The van der Waals surface area contributed by atoms with Crippen LogP contribution in [0.25, 0.3) is 0 Å². The maximum atomic E-state index is 5.39. The Labute approximate surface area is 78.9 Å². The Hall–Kier alpha value is 0.0600. The smallest absolute Gasteiger partial charge is 0.0845 e. The van der Waals surface area contributed by atoms with Crippen LogP contribution in [0.5, 0.6) is 0 Å². The van der Waals surface area contributed by atoms with Gasteiger partial charge in [-0.05, 0) is 18.9 Å². The van der Waals surface area contributed by atoms with Gasteiger partial charge >= 0.3 is 0 Å². The van der Waals surface area contributed by atoms with E-state index in [0.717, 1.165) is 6.42 Å². The van der Waals surface area contributed by atoms with E-state index in [0.29, 0.717) is 4.49 Å². The molecule has 11 heavy (non-hydrogen) atoms. The molecule has 0 aliphatic heterocycles. The van der Waals surface area contributed by atoms with Crippen molar-refractivity contribution in [3.63, 3.8) is 0 Å². The Balaban J connectivity index is 3.23. The van der Waals surface area contributed by atoms with Crippen molar-refractivity contribution >= 4 is 23.2 Å². The molecule has 0 N–H and O–H groups in total. The van der Waals surface area contributed by atoms with E-state index < -0.39 is 0 Å². The third kappa shape index (κ3) is 10.1. The van der Waals surface area contributed by atoms with E-state index in [9.17, 15) is 0 Å². The number of allylic oxidation sites excluding steroid dienone is 3. The number of rotatable bonds is 5. The lowest BCUT2D eigenvalue weighted by molar-refractivity contribution is 0.729. The highest BCUT2D eigenvalue weighted by Gasteiger charge is 1.80. The van der Waals surface area contributed by atoms with Gasteiger partial charge in [-0.3, -0.25) is 0 Å². The van der Waals surface area contributed by atoms with Gasteiger partial charge in [-0.2, -0.15) is 0 Å². The van der Waals surface area contributed by atoms with Gasteiger partial charge in [-0.15, -0.1) is 0 Å². The monoisotopic (exact) mass is 192 g/mol. The van der Waals surface area contributed by atoms with E-state index in [1.165, 1.54) is 19.3 Å². The number of hydrogen-bond donors (Lipinski definition) is 0. The highest BCUT2D eigenvalue weighted by Crippen LogP contribution is 2.06. The highest BCUT2D eigenvalue weighted by atomic mass is 35.5. The van der Waals surface area contributed by atoms with E-state index in [-0.39, 0.29) is 0 Å². The SMILES string of the molecule is CCCCC/C=C/C=C(Cl)Cl. The molecule has 0 nitrogen and oxygen atoms in total. The molecule has 0 spiro atoms. The third-order valence-corrected chi connectivity index (χ3v) is 1.58. The van der Waals surface area contributed by atoms with Gasteiger partial charge in [0.1, 0.15) is 4.49 Å². The predicted octanol–water partition coefficient (Wildman–Crippen LogP) is 4.44. The van der Waals surface area contributed by atoms with Gasteiger partial charge in [0.2, 0.25) is 0 Å². The number of hydrogen-bond acceptors (Lipinski definition) is 0. The van der Waals surface area contributed by atoms with Crippen molar-refractivity contribution in [1.29, 1.82) is 0 Å². The van der Waals surface area contributed by atoms with Crippen LogP contribution < -0.4 is 0 Å². The van der Waals surface area contributed by atoms with Crippen molar-refractivity contribution in [2.24, 2.45) is 0 Å². The molecule has 0 aliphatic carbocycles. The minimum atomic E-state index is 0.316. The summed E-state index contributed by atoms with van der Waals surface area (Å²) in [5.74, 6) is 0. The van der Waals surface area contributed by atoms with E-state index in [4.69, 9.17) is 23.2 Å². The summed E-state index contributed by atoms with van der Waals surface area (Å²) < 4.78 is 0.316. The standard InChI is InChI=1S/C9H14Cl2/c1-2-3-4-5-6-7-8-9(10)11/h6-8H,2-5H2,1H3/b7-6+. The van der Waals surface area contributed by atoms with Crippen molar-refractivity contribution in [2.45, 2.75) is 32.6 Å². The van der Waals surface area contributed by atoms with E-state index >= 15 is 0 Å². The first-order valence-corrected chi connectivity index (χ1v) is 4.70. The van der Waals surface area contributed by atoms with Gasteiger partial charge in [0.05, 0.1) is 0 Å². The zero-order valence-corrected chi connectivity index (χ0v) is 8.33. The summed E-state index contributed by atoms with van der Waals surface area (Å²) in [5.41, 5.74) is 0. The first-order valence-electron chi connectivity index (χ1n) is 3.95. The first kappa shape index (κ1) is 11.1. The third-order valence-electron chi connectivity index (χ3n) is 1.33. The van der Waals surface area contributed by atoms with Crippen LogP contribution in [-0.4, -0.2) is 0 Å². The Morgan fingerprint density at radius 3 is 2.55 bits per heavy atom. The van der Waals surface area contributed by atoms with Gasteiger partial charge in [-0.1, -0.05) is 55.1 Å². The molecule has 2 heteroatoms. The molecule has 0 saturated heterocycles. The first-order chi connectivity index (χ1) is 5.27. The summed E-state index contributed by atoms with van der Waals surface area (Å²) in [6.45, 7) is 2.19. The van der Waals surface area contributed by atoms with E-state index in [1.807, 2.05) is 6.08 Å². The zero-order chi connectivity index (χ0) is 8.53. The van der Waals surface area contributed by atoms with Crippen molar-refractivity contribution < 1.29 is 0 Å². The molecule has 0 unspecified atom stereocenters. The van der Waals surface area contributed by atoms with Crippen LogP contribution >= 0.6 is 23.2 Å². The van der Waals surface area contributed by atoms with Crippen LogP contribution in [0.15, 0.2) is 22.7 Å². The van der Waals surface area contributed by atoms with Crippen LogP contribution in [0, 0.1) is 0 Å². The minimum Gasteiger partial charge on any atom is -0.0845 e. The maximum absolute atomic E-state index is 5.39. The second kappa shape index (κ2) is 8.16. The molecule has 0 fully saturated rings. The summed E-state index contributed by atoms with van der Waals surface area (Å²) in [4.78, 5) is 0. The van der Waals surface area contributed by atoms with Crippen LogP contribution in [0.3, 0.4) is 0 Å². The fraction of sp³-hybridized carbons (Fsp3) is 0.556. The average molecular weight is 193 g/mol. The van der Waals surface area contributed by atoms with Crippen molar-refractivity contribution in [3.05, 3.63) is 22.7 Å². The predicted molar refractivity (Wildman–Crippen MR) is 53.1 cm³/mol. The molecule has 0 saturated carbocycles. The summed E-state index contributed by atoms with van der Waals surface area (Å²) in [7, 11) is 0. The molecule has 0 aromatic carbocycles. The lowest BCUT2D eigenvalue weighted by Crippen LogP contribution is -1.69. The molecule has 0 rings (SSSR count). The van der Waals surface area contributed by atoms with Crippen molar-refractivity contribution in [2.75, 3.05) is 0 Å². The quantitative estimate of drug-likeness (QED) is 0.447. The molecule has 0 radical (unpaired) electrons. The van der Waals surface area contributed by atoms with Gasteiger partial charge in [-0.25, -0.2) is 0 Å². The van der Waals surface area contributed by atoms with Gasteiger partial charge in [0, 0.05) is 0 Å². The van der Waals surface area contributed by atoms with Crippen LogP contribution in [0.1, 0.15) is 32.6 Å². The van der Waals surface area contributed by atoms with Gasteiger partial charge in [0.25, 0.3) is 0 Å². The zero-order valence-electron chi connectivity index (χ0n) is 6.82. The Morgan fingerprint density at radius 1 is 1.27 bits per heavy atom. The Morgan fingerprint density at radius 2 is 2.00 bits per heavy atom. The maximum Gasteiger partial charge on any atom is 0.106 e. The molecule has 64 valence electrons. The molecule has 0 amide bonds. The Kier molecular flexibility index (Phi) is 8.20. The molecular formula is C9H14Cl2. The summed E-state index contributed by atoms with van der Waals surface area (Å²) in [5, 5.41) is 0. The fourth-order valence-electron chi connectivity index (χ4n) is 0.749. The van der Waals surface area contributed by atoms with E-state index in [1.54, 1.807) is 6.08 Å². The van der Waals surface area contributed by atoms with Crippen molar-refractivity contribution in [1.82, 2.24) is 0 Å². The van der Waals surface area contributed by atoms with E-state index in [2.05, 4.69) is 13.0 Å². The molecular weight excluding hydrogens is 179 g/mol. The highest BCUT2D eigenvalue weighted by molar-refractivity contribution is 6.55. The van der Waals surface area contributed by atoms with Crippen molar-refractivity contribution in [3.8, 4) is 0 Å². The lowest BCUT2D eigenvalue weighted by Gasteiger charge is -1.89. The second-order valence-electron chi connectivity index (χ2n) is 2.38. The molecule has 0 aromatic heterocycles. The fourth-order valence-corrected chi connectivity index (χ4v) is 0.895. The van der Waals surface area contributed by atoms with Crippen LogP contribution in [0.4, 0.5) is 0 Å². The molecule has 0 bridgehead atoms. The average Bonchev–Trinajstić information content (AvgIpc) is 1.96. The molecule has 0 atom stereocenters. The second-order valence-corrected chi connectivity index (χ2v) is 3.39. The lowest BCUT2D eigenvalue weighted by atomic mass is 10.2. The Bertz CT molecular complexity index is 132. The minimum absolute atomic E-state index is 0.316. The normalized spacial score (nSPS) is 10.5. The molecule has 0 aromatic rings.